The average molecular weight is 219 g/mol. The van der Waals surface area contributed by atoms with E-state index in [0.29, 0.717) is 6.04 Å². The molecule has 0 amide bonds. The Hall–Kier alpha value is -1.55. The zero-order valence-corrected chi connectivity index (χ0v) is 10.1. The number of nitrogens with zero attached hydrogens (tertiary/aromatic N) is 2. The second-order valence-electron chi connectivity index (χ2n) is 4.16. The minimum Gasteiger partial charge on any atom is -0.313 e. The van der Waals surface area contributed by atoms with Crippen molar-refractivity contribution in [1.82, 2.24) is 14.5 Å². The Morgan fingerprint density at radius 2 is 1.81 bits per heavy atom. The number of hydrogen-bond acceptors (Lipinski definition) is 2. The maximum atomic E-state index is 11.7. The van der Waals surface area contributed by atoms with Crippen LogP contribution in [-0.4, -0.2) is 16.2 Å². The molecule has 86 valence electrons. The van der Waals surface area contributed by atoms with Gasteiger partial charge in [0.15, 0.2) is 0 Å². The molecule has 1 atom stereocenters. The van der Waals surface area contributed by atoms with Crippen molar-refractivity contribution in [2.75, 3.05) is 7.05 Å². The number of fused-ring (bicyclic) bond motifs is 1. The van der Waals surface area contributed by atoms with E-state index in [1.807, 2.05) is 13.1 Å². The number of hydrogen-bond donors (Lipinski definition) is 1. The zero-order chi connectivity index (χ0) is 11.9. The lowest BCUT2D eigenvalue weighted by molar-refractivity contribution is 0.653. The van der Waals surface area contributed by atoms with Crippen molar-refractivity contribution in [2.24, 2.45) is 14.1 Å². The van der Waals surface area contributed by atoms with Crippen LogP contribution in [0, 0.1) is 0 Å². The van der Waals surface area contributed by atoms with Gasteiger partial charge in [-0.25, -0.2) is 4.79 Å². The van der Waals surface area contributed by atoms with E-state index in [1.54, 1.807) is 23.2 Å². The fourth-order valence-electron chi connectivity index (χ4n) is 1.96. The Balaban J connectivity index is 2.71. The number of benzene rings is 1. The minimum atomic E-state index is 0.0178. The van der Waals surface area contributed by atoms with Crippen LogP contribution in [0.1, 0.15) is 18.5 Å². The molecule has 0 radical (unpaired) electrons. The molecule has 4 nitrogen and oxygen atoms in total. The Labute approximate surface area is 94.5 Å². The smallest absolute Gasteiger partial charge is 0.313 e. The first-order valence-corrected chi connectivity index (χ1v) is 5.39. The van der Waals surface area contributed by atoms with Crippen LogP contribution in [0.2, 0.25) is 0 Å². The van der Waals surface area contributed by atoms with Gasteiger partial charge in [-0.05, 0) is 31.7 Å². The van der Waals surface area contributed by atoms with Gasteiger partial charge in [-0.2, -0.15) is 0 Å². The van der Waals surface area contributed by atoms with Gasteiger partial charge < -0.3 is 5.32 Å². The van der Waals surface area contributed by atoms with Crippen molar-refractivity contribution in [3.8, 4) is 0 Å². The third kappa shape index (κ3) is 1.46. The molecule has 2 aromatic rings. The van der Waals surface area contributed by atoms with E-state index < -0.39 is 0 Å². The van der Waals surface area contributed by atoms with Crippen LogP contribution in [0.15, 0.2) is 23.0 Å². The number of imidazole rings is 1. The summed E-state index contributed by atoms with van der Waals surface area (Å²) < 4.78 is 3.35. The second-order valence-corrected chi connectivity index (χ2v) is 4.16. The Kier molecular flexibility index (Phi) is 2.59. The summed E-state index contributed by atoms with van der Waals surface area (Å²) in [4.78, 5) is 11.7. The van der Waals surface area contributed by atoms with Crippen molar-refractivity contribution in [2.45, 2.75) is 13.0 Å². The van der Waals surface area contributed by atoms with Gasteiger partial charge in [-0.1, -0.05) is 6.07 Å². The molecule has 0 fully saturated rings. The second kappa shape index (κ2) is 3.79. The van der Waals surface area contributed by atoms with E-state index in [1.165, 1.54) is 5.56 Å². The SMILES string of the molecule is CNC(C)c1ccc2c(c1)n(C)c(=O)n2C. The maximum Gasteiger partial charge on any atom is 0.328 e. The highest BCUT2D eigenvalue weighted by Gasteiger charge is 2.10. The van der Waals surface area contributed by atoms with Crippen molar-refractivity contribution in [3.63, 3.8) is 0 Å². The molecule has 1 N–H and O–H groups in total. The maximum absolute atomic E-state index is 11.7. The topological polar surface area (TPSA) is 39.0 Å². The van der Waals surface area contributed by atoms with Crippen LogP contribution in [0.3, 0.4) is 0 Å². The van der Waals surface area contributed by atoms with Crippen LogP contribution < -0.4 is 11.0 Å². The van der Waals surface area contributed by atoms with Crippen LogP contribution in [-0.2, 0) is 14.1 Å². The quantitative estimate of drug-likeness (QED) is 0.823. The van der Waals surface area contributed by atoms with Crippen molar-refractivity contribution >= 4 is 11.0 Å². The van der Waals surface area contributed by atoms with Gasteiger partial charge in [0.2, 0.25) is 0 Å². The van der Waals surface area contributed by atoms with E-state index in [4.69, 9.17) is 0 Å². The van der Waals surface area contributed by atoms with Gasteiger partial charge in [-0.3, -0.25) is 9.13 Å². The third-order valence-electron chi connectivity index (χ3n) is 3.23. The van der Waals surface area contributed by atoms with Gasteiger partial charge in [0.1, 0.15) is 0 Å². The highest BCUT2D eigenvalue weighted by Crippen LogP contribution is 2.18. The number of aryl methyl sites for hydroxylation is 2. The molecule has 0 aliphatic rings. The van der Waals surface area contributed by atoms with Gasteiger partial charge in [-0.15, -0.1) is 0 Å². The first-order valence-electron chi connectivity index (χ1n) is 5.39. The first kappa shape index (κ1) is 11.0. The van der Waals surface area contributed by atoms with Crippen LogP contribution in [0.5, 0.6) is 0 Å². The van der Waals surface area contributed by atoms with Crippen LogP contribution >= 0.6 is 0 Å². The van der Waals surface area contributed by atoms with Gasteiger partial charge in [0.25, 0.3) is 0 Å². The Bertz CT molecular complexity index is 580. The molecular weight excluding hydrogens is 202 g/mol. The number of nitrogens with one attached hydrogen (secondary N) is 1. The molecule has 0 bridgehead atoms. The molecule has 16 heavy (non-hydrogen) atoms. The third-order valence-corrected chi connectivity index (χ3v) is 3.23. The predicted octanol–water partition coefficient (Wildman–Crippen LogP) is 1.16. The van der Waals surface area contributed by atoms with E-state index in [-0.39, 0.29) is 5.69 Å². The molecule has 1 aromatic carbocycles. The number of rotatable bonds is 2. The molecule has 1 aromatic heterocycles. The monoisotopic (exact) mass is 219 g/mol. The van der Waals surface area contributed by atoms with Gasteiger partial charge >= 0.3 is 5.69 Å². The summed E-state index contributed by atoms with van der Waals surface area (Å²) in [6, 6.07) is 6.42. The molecule has 0 saturated carbocycles. The summed E-state index contributed by atoms with van der Waals surface area (Å²) in [7, 11) is 5.53. The van der Waals surface area contributed by atoms with E-state index >= 15 is 0 Å². The highest BCUT2D eigenvalue weighted by molar-refractivity contribution is 5.76. The van der Waals surface area contributed by atoms with E-state index in [2.05, 4.69) is 24.4 Å². The molecule has 0 aliphatic carbocycles. The first-order chi connectivity index (χ1) is 7.56. The zero-order valence-electron chi connectivity index (χ0n) is 10.1. The molecule has 4 heteroatoms. The summed E-state index contributed by atoms with van der Waals surface area (Å²) in [6.07, 6.45) is 0. The molecule has 0 aliphatic heterocycles. The lowest BCUT2D eigenvalue weighted by Crippen LogP contribution is -2.19. The largest absolute Gasteiger partial charge is 0.328 e. The lowest BCUT2D eigenvalue weighted by Gasteiger charge is -2.10. The predicted molar refractivity (Wildman–Crippen MR) is 65.6 cm³/mol. The van der Waals surface area contributed by atoms with Crippen LogP contribution in [0.4, 0.5) is 0 Å². The summed E-state index contributed by atoms with van der Waals surface area (Å²) in [5.41, 5.74) is 3.16. The average Bonchev–Trinajstić information content (AvgIpc) is 2.53. The fraction of sp³-hybridized carbons (Fsp3) is 0.417. The fourth-order valence-corrected chi connectivity index (χ4v) is 1.96. The lowest BCUT2D eigenvalue weighted by atomic mass is 10.1. The molecule has 1 heterocycles. The number of aromatic nitrogens is 2. The summed E-state index contributed by atoms with van der Waals surface area (Å²) in [6.45, 7) is 2.10. The van der Waals surface area contributed by atoms with E-state index in [9.17, 15) is 4.79 Å². The highest BCUT2D eigenvalue weighted by atomic mass is 16.1. The summed E-state index contributed by atoms with van der Waals surface area (Å²) in [5.74, 6) is 0. The Morgan fingerprint density at radius 1 is 1.19 bits per heavy atom. The van der Waals surface area contributed by atoms with Crippen molar-refractivity contribution in [1.29, 1.82) is 0 Å². The van der Waals surface area contributed by atoms with Gasteiger partial charge in [0.05, 0.1) is 11.0 Å². The molecule has 2 rings (SSSR count). The van der Waals surface area contributed by atoms with Crippen LogP contribution in [0.25, 0.3) is 11.0 Å². The molecule has 0 saturated heterocycles. The van der Waals surface area contributed by atoms with Gasteiger partial charge in [0, 0.05) is 20.1 Å². The van der Waals surface area contributed by atoms with Crippen molar-refractivity contribution in [3.05, 3.63) is 34.2 Å². The Morgan fingerprint density at radius 3 is 2.44 bits per heavy atom. The summed E-state index contributed by atoms with van der Waals surface area (Å²) in [5, 5.41) is 3.19. The molecule has 0 spiro atoms. The summed E-state index contributed by atoms with van der Waals surface area (Å²) >= 11 is 0. The van der Waals surface area contributed by atoms with Crippen molar-refractivity contribution < 1.29 is 0 Å². The normalized spacial score (nSPS) is 13.2. The molecule has 1 unspecified atom stereocenters. The standard InChI is InChI=1S/C12H17N3O/c1-8(13-2)9-5-6-10-11(7-9)15(4)12(16)14(10)3/h5-8,13H,1-4H3. The van der Waals surface area contributed by atoms with E-state index in [0.717, 1.165) is 11.0 Å². The molecular formula is C12H17N3O. The minimum absolute atomic E-state index is 0.0178.